The van der Waals surface area contributed by atoms with Crippen molar-refractivity contribution in [3.8, 4) is 5.75 Å². The molecule has 2 heterocycles. The molecule has 1 N–H and O–H groups in total. The lowest BCUT2D eigenvalue weighted by Gasteiger charge is -2.38. The van der Waals surface area contributed by atoms with Crippen molar-refractivity contribution in [3.63, 3.8) is 0 Å². The molecule has 8 heteroatoms. The van der Waals surface area contributed by atoms with Crippen LogP contribution in [-0.2, 0) is 5.60 Å². The highest BCUT2D eigenvalue weighted by atomic mass is 19.3. The van der Waals surface area contributed by atoms with Crippen molar-refractivity contribution in [2.45, 2.75) is 57.7 Å². The third-order valence-corrected chi connectivity index (χ3v) is 5.28. The Hall–Kier alpha value is -2.48. The van der Waals surface area contributed by atoms with E-state index in [9.17, 15) is 18.7 Å². The fourth-order valence-electron chi connectivity index (χ4n) is 3.52. The Morgan fingerprint density at radius 1 is 1.34 bits per heavy atom. The summed E-state index contributed by atoms with van der Waals surface area (Å²) in [6, 6.07) is 6.45. The summed E-state index contributed by atoms with van der Waals surface area (Å²) < 4.78 is 32.0. The summed E-state index contributed by atoms with van der Waals surface area (Å²) >= 11 is 0. The number of aliphatic hydroxyl groups is 1. The van der Waals surface area contributed by atoms with Crippen LogP contribution < -0.4 is 4.74 Å². The molecule has 1 aromatic heterocycles. The molecule has 0 unspecified atom stereocenters. The van der Waals surface area contributed by atoms with Gasteiger partial charge in [-0.05, 0) is 45.7 Å². The molecular weight excluding hydrogens is 380 g/mol. The van der Waals surface area contributed by atoms with E-state index in [0.29, 0.717) is 12.1 Å². The van der Waals surface area contributed by atoms with E-state index in [2.05, 4.69) is 5.10 Å². The number of rotatable bonds is 6. The third kappa shape index (κ3) is 4.93. The minimum Gasteiger partial charge on any atom is -0.487 e. The summed E-state index contributed by atoms with van der Waals surface area (Å²) in [4.78, 5) is 14.9. The van der Waals surface area contributed by atoms with Crippen LogP contribution in [0.4, 0.5) is 8.78 Å². The van der Waals surface area contributed by atoms with Crippen LogP contribution in [0.1, 0.15) is 55.6 Å². The van der Waals surface area contributed by atoms with Crippen molar-refractivity contribution < 1.29 is 23.4 Å². The number of hydrogen-bond donors (Lipinski definition) is 1. The molecule has 1 amide bonds. The lowest BCUT2D eigenvalue weighted by Crippen LogP contribution is -2.46. The SMILES string of the molecule is C[C@@H]1CC[C@@H](n2cc(C(C)(C)O)cn2)CN1C(=O)c1ccccc1OCC(F)F. The van der Waals surface area contributed by atoms with Crippen LogP contribution in [0, 0.1) is 0 Å². The molecule has 1 fully saturated rings. The number of halogens is 2. The summed E-state index contributed by atoms with van der Waals surface area (Å²) in [5.41, 5.74) is -0.00510. The molecule has 2 atom stereocenters. The average molecular weight is 407 g/mol. The molecule has 2 aromatic rings. The topological polar surface area (TPSA) is 67.6 Å². The van der Waals surface area contributed by atoms with Gasteiger partial charge in [0.05, 0.1) is 23.4 Å². The molecule has 0 aliphatic carbocycles. The molecule has 0 radical (unpaired) electrons. The van der Waals surface area contributed by atoms with Crippen LogP contribution in [0.5, 0.6) is 5.75 Å². The van der Waals surface area contributed by atoms with Crippen molar-refractivity contribution in [2.75, 3.05) is 13.2 Å². The lowest BCUT2D eigenvalue weighted by atomic mass is 9.98. The molecule has 0 spiro atoms. The molecule has 1 aromatic carbocycles. The Bertz CT molecular complexity index is 848. The first-order valence-corrected chi connectivity index (χ1v) is 9.74. The van der Waals surface area contributed by atoms with Gasteiger partial charge < -0.3 is 14.7 Å². The maximum atomic E-state index is 13.2. The summed E-state index contributed by atoms with van der Waals surface area (Å²) in [5, 5.41) is 14.5. The molecule has 1 saturated heterocycles. The minimum absolute atomic E-state index is 0.00576. The van der Waals surface area contributed by atoms with Gasteiger partial charge in [0.15, 0.2) is 0 Å². The van der Waals surface area contributed by atoms with Crippen molar-refractivity contribution in [2.24, 2.45) is 0 Å². The third-order valence-electron chi connectivity index (χ3n) is 5.28. The molecule has 158 valence electrons. The van der Waals surface area contributed by atoms with Crippen molar-refractivity contribution >= 4 is 5.91 Å². The standard InChI is InChI=1S/C21H27F2N3O3/c1-14-8-9-16(26-11-15(10-24-26)21(2,3)28)12-25(14)20(27)17-6-4-5-7-18(17)29-13-19(22)23/h4-7,10-11,14,16,19,28H,8-9,12-13H2,1-3H3/t14-,16-/m1/s1. The van der Waals surface area contributed by atoms with Gasteiger partial charge in [-0.2, -0.15) is 5.10 Å². The van der Waals surface area contributed by atoms with Crippen LogP contribution in [0.2, 0.25) is 0 Å². The van der Waals surface area contributed by atoms with Gasteiger partial charge in [-0.25, -0.2) is 8.78 Å². The molecule has 3 rings (SSSR count). The number of piperidine rings is 1. The van der Waals surface area contributed by atoms with Gasteiger partial charge in [0.2, 0.25) is 0 Å². The molecule has 1 aliphatic heterocycles. The highest BCUT2D eigenvalue weighted by molar-refractivity contribution is 5.97. The van der Waals surface area contributed by atoms with E-state index < -0.39 is 18.6 Å². The summed E-state index contributed by atoms with van der Waals surface area (Å²) in [6.07, 6.45) is 2.47. The number of carbonyl (C=O) groups excluding carboxylic acids is 1. The van der Waals surface area contributed by atoms with E-state index in [1.54, 1.807) is 47.8 Å². The predicted molar refractivity (Wildman–Crippen MR) is 104 cm³/mol. The normalized spacial score (nSPS) is 20.2. The quantitative estimate of drug-likeness (QED) is 0.794. The smallest absolute Gasteiger partial charge is 0.272 e. The Balaban J connectivity index is 1.79. The van der Waals surface area contributed by atoms with E-state index in [0.717, 1.165) is 12.8 Å². The van der Waals surface area contributed by atoms with Crippen molar-refractivity contribution in [1.82, 2.24) is 14.7 Å². The monoisotopic (exact) mass is 407 g/mol. The number of benzene rings is 1. The fourth-order valence-corrected chi connectivity index (χ4v) is 3.52. The van der Waals surface area contributed by atoms with Crippen LogP contribution in [0.15, 0.2) is 36.7 Å². The van der Waals surface area contributed by atoms with Gasteiger partial charge in [-0.1, -0.05) is 12.1 Å². The van der Waals surface area contributed by atoms with E-state index in [1.807, 2.05) is 13.1 Å². The van der Waals surface area contributed by atoms with Gasteiger partial charge in [0.25, 0.3) is 12.3 Å². The zero-order valence-corrected chi connectivity index (χ0v) is 16.9. The van der Waals surface area contributed by atoms with Crippen LogP contribution in [0.25, 0.3) is 0 Å². The maximum absolute atomic E-state index is 13.2. The number of ether oxygens (including phenoxy) is 1. The second-order valence-corrected chi connectivity index (χ2v) is 8.00. The molecule has 1 aliphatic rings. The molecule has 0 saturated carbocycles. The highest BCUT2D eigenvalue weighted by Gasteiger charge is 2.32. The predicted octanol–water partition coefficient (Wildman–Crippen LogP) is 3.62. The minimum atomic E-state index is -2.61. The number of likely N-dealkylation sites (tertiary alicyclic amines) is 1. The second-order valence-electron chi connectivity index (χ2n) is 8.00. The van der Waals surface area contributed by atoms with E-state index in [-0.39, 0.29) is 29.3 Å². The van der Waals surface area contributed by atoms with Gasteiger partial charge in [0, 0.05) is 24.3 Å². The van der Waals surface area contributed by atoms with E-state index >= 15 is 0 Å². The number of hydrogen-bond acceptors (Lipinski definition) is 4. The number of carbonyl (C=O) groups is 1. The maximum Gasteiger partial charge on any atom is 0.272 e. The van der Waals surface area contributed by atoms with Gasteiger partial charge in [-0.3, -0.25) is 9.48 Å². The van der Waals surface area contributed by atoms with Gasteiger partial charge in [0.1, 0.15) is 12.4 Å². The van der Waals surface area contributed by atoms with Crippen molar-refractivity contribution in [1.29, 1.82) is 0 Å². The fraction of sp³-hybridized carbons (Fsp3) is 0.524. The molecule has 6 nitrogen and oxygen atoms in total. The number of para-hydroxylation sites is 1. The summed E-state index contributed by atoms with van der Waals surface area (Å²) in [5.74, 6) is -0.0857. The molecule has 0 bridgehead atoms. The van der Waals surface area contributed by atoms with Crippen LogP contribution >= 0.6 is 0 Å². The van der Waals surface area contributed by atoms with Crippen molar-refractivity contribution in [3.05, 3.63) is 47.8 Å². The first-order valence-electron chi connectivity index (χ1n) is 9.74. The van der Waals surface area contributed by atoms with Gasteiger partial charge in [-0.15, -0.1) is 0 Å². The first kappa shape index (κ1) is 21.2. The zero-order chi connectivity index (χ0) is 21.2. The Kier molecular flexibility index (Phi) is 6.21. The average Bonchev–Trinajstić information content (AvgIpc) is 3.17. The van der Waals surface area contributed by atoms with Gasteiger partial charge >= 0.3 is 0 Å². The number of nitrogens with zero attached hydrogens (tertiary/aromatic N) is 3. The lowest BCUT2D eigenvalue weighted by molar-refractivity contribution is 0.0540. The number of alkyl halides is 2. The Morgan fingerprint density at radius 3 is 2.72 bits per heavy atom. The van der Waals surface area contributed by atoms with Crippen LogP contribution in [-0.4, -0.2) is 51.3 Å². The number of amides is 1. The first-order chi connectivity index (χ1) is 13.7. The molecular formula is C21H27F2N3O3. The highest BCUT2D eigenvalue weighted by Crippen LogP contribution is 2.30. The molecule has 29 heavy (non-hydrogen) atoms. The van der Waals surface area contributed by atoms with E-state index in [4.69, 9.17) is 4.74 Å². The Morgan fingerprint density at radius 2 is 2.07 bits per heavy atom. The zero-order valence-electron chi connectivity index (χ0n) is 16.9. The largest absolute Gasteiger partial charge is 0.487 e. The van der Waals surface area contributed by atoms with E-state index in [1.165, 1.54) is 6.07 Å². The Labute approximate surface area is 169 Å². The summed E-state index contributed by atoms with van der Waals surface area (Å²) in [6.45, 7) is 5.06. The second kappa shape index (κ2) is 8.49. The van der Waals surface area contributed by atoms with Crippen LogP contribution in [0.3, 0.4) is 0 Å². The summed E-state index contributed by atoms with van der Waals surface area (Å²) in [7, 11) is 0. The number of aromatic nitrogens is 2.